The maximum Gasteiger partial charge on any atom is 0.232 e. The van der Waals surface area contributed by atoms with Crippen molar-refractivity contribution in [3.63, 3.8) is 0 Å². The minimum Gasteiger partial charge on any atom is -0.480 e. The number of methoxy groups -OCH3 is 1. The van der Waals surface area contributed by atoms with E-state index in [0.717, 1.165) is 4.47 Å². The molecule has 1 heterocycles. The summed E-state index contributed by atoms with van der Waals surface area (Å²) in [6, 6.07) is 0.242. The van der Waals surface area contributed by atoms with Gasteiger partial charge in [-0.15, -0.1) is 0 Å². The standard InChI is InChI=1S/C13H21BrN4O/c1-19-12-10(14)8-16-13(18-12)17-11(7-15)9-5-3-2-4-6-9/h8-9,11H,2-7,15H2,1H3,(H,16,17,18). The summed E-state index contributed by atoms with van der Waals surface area (Å²) in [4.78, 5) is 8.59. The lowest BCUT2D eigenvalue weighted by atomic mass is 9.84. The number of rotatable bonds is 5. The molecular formula is C13H21BrN4O. The summed E-state index contributed by atoms with van der Waals surface area (Å²) in [7, 11) is 1.60. The summed E-state index contributed by atoms with van der Waals surface area (Å²) >= 11 is 3.35. The molecule has 1 aromatic rings. The van der Waals surface area contributed by atoms with E-state index in [2.05, 4.69) is 31.2 Å². The summed E-state index contributed by atoms with van der Waals surface area (Å²) in [6.07, 6.45) is 8.12. The molecule has 106 valence electrons. The van der Waals surface area contributed by atoms with E-state index < -0.39 is 0 Å². The van der Waals surface area contributed by atoms with Crippen molar-refractivity contribution >= 4 is 21.9 Å². The van der Waals surface area contributed by atoms with E-state index >= 15 is 0 Å². The van der Waals surface area contributed by atoms with Crippen LogP contribution in [0.4, 0.5) is 5.95 Å². The topological polar surface area (TPSA) is 73.1 Å². The third kappa shape index (κ3) is 3.79. The first-order valence-corrected chi connectivity index (χ1v) is 7.57. The molecular weight excluding hydrogens is 308 g/mol. The molecule has 19 heavy (non-hydrogen) atoms. The summed E-state index contributed by atoms with van der Waals surface area (Å²) in [5.41, 5.74) is 5.89. The molecule has 3 N–H and O–H groups in total. The van der Waals surface area contributed by atoms with Crippen LogP contribution in [0.2, 0.25) is 0 Å². The zero-order valence-electron chi connectivity index (χ0n) is 11.2. The van der Waals surface area contributed by atoms with E-state index in [1.807, 2.05) is 0 Å². The fourth-order valence-corrected chi connectivity index (χ4v) is 2.99. The van der Waals surface area contributed by atoms with Crippen LogP contribution in [0.5, 0.6) is 5.88 Å². The molecule has 1 atom stereocenters. The highest BCUT2D eigenvalue weighted by molar-refractivity contribution is 9.10. The molecule has 0 amide bonds. The first kappa shape index (κ1) is 14.5. The number of hydrogen-bond acceptors (Lipinski definition) is 5. The molecule has 2 rings (SSSR count). The van der Waals surface area contributed by atoms with Crippen LogP contribution < -0.4 is 15.8 Å². The highest BCUT2D eigenvalue weighted by Gasteiger charge is 2.23. The van der Waals surface area contributed by atoms with Crippen molar-refractivity contribution in [1.82, 2.24) is 9.97 Å². The fourth-order valence-electron chi connectivity index (χ4n) is 2.64. The SMILES string of the molecule is COc1nc(NC(CN)C2CCCCC2)ncc1Br. The normalized spacial score (nSPS) is 18.1. The number of hydrogen-bond donors (Lipinski definition) is 2. The molecule has 1 fully saturated rings. The molecule has 0 bridgehead atoms. The molecule has 6 heteroatoms. The van der Waals surface area contributed by atoms with E-state index in [4.69, 9.17) is 10.5 Å². The molecule has 5 nitrogen and oxygen atoms in total. The minimum atomic E-state index is 0.242. The zero-order chi connectivity index (χ0) is 13.7. The van der Waals surface area contributed by atoms with Crippen LogP contribution in [0.3, 0.4) is 0 Å². The first-order chi connectivity index (χ1) is 9.24. The van der Waals surface area contributed by atoms with Crippen LogP contribution in [-0.4, -0.2) is 29.7 Å². The van der Waals surface area contributed by atoms with Gasteiger partial charge in [0, 0.05) is 12.6 Å². The van der Waals surface area contributed by atoms with Gasteiger partial charge < -0.3 is 15.8 Å². The molecule has 0 spiro atoms. The Labute approximate surface area is 122 Å². The third-order valence-electron chi connectivity index (χ3n) is 3.69. The summed E-state index contributed by atoms with van der Waals surface area (Å²) in [5.74, 6) is 1.75. The molecule has 0 radical (unpaired) electrons. The van der Waals surface area contributed by atoms with Crippen LogP contribution in [0, 0.1) is 5.92 Å². The number of ether oxygens (including phenoxy) is 1. The number of aromatic nitrogens is 2. The van der Waals surface area contributed by atoms with Crippen LogP contribution >= 0.6 is 15.9 Å². The molecule has 1 unspecified atom stereocenters. The van der Waals surface area contributed by atoms with E-state index in [9.17, 15) is 0 Å². The van der Waals surface area contributed by atoms with Crippen molar-refractivity contribution in [2.24, 2.45) is 11.7 Å². The van der Waals surface area contributed by atoms with Gasteiger partial charge in [-0.2, -0.15) is 4.98 Å². The Morgan fingerprint density at radius 1 is 1.47 bits per heavy atom. The van der Waals surface area contributed by atoms with Crippen molar-refractivity contribution in [2.45, 2.75) is 38.1 Å². The van der Waals surface area contributed by atoms with Crippen molar-refractivity contribution in [1.29, 1.82) is 0 Å². The number of halogens is 1. The zero-order valence-corrected chi connectivity index (χ0v) is 12.8. The summed E-state index contributed by atoms with van der Waals surface area (Å²) in [5, 5.41) is 3.35. The third-order valence-corrected chi connectivity index (χ3v) is 4.24. The molecule has 1 aliphatic rings. The Hall–Kier alpha value is -0.880. The van der Waals surface area contributed by atoms with Crippen LogP contribution in [0.15, 0.2) is 10.7 Å². The quantitative estimate of drug-likeness (QED) is 0.869. The molecule has 1 saturated carbocycles. The molecule has 1 aromatic heterocycles. The highest BCUT2D eigenvalue weighted by Crippen LogP contribution is 2.28. The van der Waals surface area contributed by atoms with Gasteiger partial charge in [0.1, 0.15) is 0 Å². The van der Waals surface area contributed by atoms with E-state index in [0.29, 0.717) is 24.3 Å². The number of nitrogens with zero attached hydrogens (tertiary/aromatic N) is 2. The van der Waals surface area contributed by atoms with Gasteiger partial charge in [-0.3, -0.25) is 0 Å². The highest BCUT2D eigenvalue weighted by atomic mass is 79.9. The maximum atomic E-state index is 5.89. The predicted molar refractivity (Wildman–Crippen MR) is 79.3 cm³/mol. The average Bonchev–Trinajstić information content (AvgIpc) is 2.47. The summed E-state index contributed by atoms with van der Waals surface area (Å²) < 4.78 is 5.93. The second-order valence-electron chi connectivity index (χ2n) is 4.94. The maximum absolute atomic E-state index is 5.89. The molecule has 1 aliphatic carbocycles. The Morgan fingerprint density at radius 2 is 2.21 bits per heavy atom. The fraction of sp³-hybridized carbons (Fsp3) is 0.692. The number of anilines is 1. The van der Waals surface area contributed by atoms with Crippen molar-refractivity contribution in [3.8, 4) is 5.88 Å². The average molecular weight is 329 g/mol. The van der Waals surface area contributed by atoms with Gasteiger partial charge in [-0.25, -0.2) is 4.98 Å². The second kappa shape index (κ2) is 7.05. The monoisotopic (exact) mass is 328 g/mol. The molecule has 0 saturated heterocycles. The Kier molecular flexibility index (Phi) is 5.39. The van der Waals surface area contributed by atoms with Crippen LogP contribution in [-0.2, 0) is 0 Å². The first-order valence-electron chi connectivity index (χ1n) is 6.77. The predicted octanol–water partition coefficient (Wildman–Crippen LogP) is 2.57. The van der Waals surface area contributed by atoms with Gasteiger partial charge in [-0.05, 0) is 34.7 Å². The lowest BCUT2D eigenvalue weighted by Crippen LogP contribution is -2.37. The smallest absolute Gasteiger partial charge is 0.232 e. The van der Waals surface area contributed by atoms with Crippen molar-refractivity contribution in [3.05, 3.63) is 10.7 Å². The van der Waals surface area contributed by atoms with E-state index in [1.54, 1.807) is 13.3 Å². The lowest BCUT2D eigenvalue weighted by Gasteiger charge is -2.30. The second-order valence-corrected chi connectivity index (χ2v) is 5.79. The largest absolute Gasteiger partial charge is 0.480 e. The Morgan fingerprint density at radius 3 is 2.84 bits per heavy atom. The van der Waals surface area contributed by atoms with Gasteiger partial charge in [0.2, 0.25) is 11.8 Å². The van der Waals surface area contributed by atoms with Gasteiger partial charge in [-0.1, -0.05) is 19.3 Å². The minimum absolute atomic E-state index is 0.242. The lowest BCUT2D eigenvalue weighted by molar-refractivity contribution is 0.319. The number of nitrogens with one attached hydrogen (secondary N) is 1. The van der Waals surface area contributed by atoms with Crippen LogP contribution in [0.1, 0.15) is 32.1 Å². The molecule has 0 aliphatic heterocycles. The van der Waals surface area contributed by atoms with Crippen molar-refractivity contribution in [2.75, 3.05) is 19.0 Å². The van der Waals surface area contributed by atoms with Crippen molar-refractivity contribution < 1.29 is 4.74 Å². The van der Waals surface area contributed by atoms with Gasteiger partial charge >= 0.3 is 0 Å². The number of nitrogens with two attached hydrogens (primary N) is 1. The molecule has 0 aromatic carbocycles. The van der Waals surface area contributed by atoms with Crippen LogP contribution in [0.25, 0.3) is 0 Å². The Bertz CT molecular complexity index is 410. The summed E-state index contributed by atoms with van der Waals surface area (Å²) in [6.45, 7) is 0.604. The van der Waals surface area contributed by atoms with E-state index in [1.165, 1.54) is 32.1 Å². The van der Waals surface area contributed by atoms with Gasteiger partial charge in [0.25, 0.3) is 0 Å². The Balaban J connectivity index is 2.04. The van der Waals surface area contributed by atoms with E-state index in [-0.39, 0.29) is 6.04 Å². The van der Waals surface area contributed by atoms with Gasteiger partial charge in [0.05, 0.1) is 17.8 Å². The van der Waals surface area contributed by atoms with Gasteiger partial charge in [0.15, 0.2) is 0 Å².